The molecule has 0 rings (SSSR count). The van der Waals surface area contributed by atoms with E-state index in [0.717, 1.165) is 0 Å². The molecule has 0 aliphatic rings. The fourth-order valence-corrected chi connectivity index (χ4v) is 13.4. The first-order valence-corrected chi connectivity index (χ1v) is 15.4. The van der Waals surface area contributed by atoms with Crippen LogP contribution in [0.4, 0.5) is 0 Å². The molecule has 158 valence electrons. The van der Waals surface area contributed by atoms with E-state index in [0.29, 0.717) is 39.6 Å². The highest BCUT2D eigenvalue weighted by molar-refractivity contribution is 8.77. The van der Waals surface area contributed by atoms with E-state index < -0.39 is 17.6 Å². The summed E-state index contributed by atoms with van der Waals surface area (Å²) in [6.45, 7) is 19.5. The molecule has 0 spiro atoms. The van der Waals surface area contributed by atoms with Gasteiger partial charge in [0.15, 0.2) is 0 Å². The Labute approximate surface area is 170 Å². The first kappa shape index (κ1) is 26.9. The third-order valence-electron chi connectivity index (χ3n) is 3.41. The maximum Gasteiger partial charge on any atom is 0.515 e. The zero-order valence-electron chi connectivity index (χ0n) is 17.7. The monoisotopic (exact) mass is 446 g/mol. The van der Waals surface area contributed by atoms with Crippen LogP contribution in [0.1, 0.15) is 55.4 Å². The molecule has 6 nitrogen and oxygen atoms in total. The third kappa shape index (κ3) is 8.10. The Kier molecular flexibility index (Phi) is 15.3. The predicted octanol–water partition coefficient (Wildman–Crippen LogP) is 4.32. The van der Waals surface area contributed by atoms with Gasteiger partial charge >= 0.3 is 17.6 Å². The van der Waals surface area contributed by atoms with Gasteiger partial charge in [0.1, 0.15) is 0 Å². The van der Waals surface area contributed by atoms with Crippen molar-refractivity contribution in [2.24, 2.45) is 0 Å². The van der Waals surface area contributed by atoms with E-state index in [-0.39, 0.29) is 9.75 Å². The first-order valence-electron chi connectivity index (χ1n) is 9.57. The molecular weight excluding hydrogens is 408 g/mol. The van der Waals surface area contributed by atoms with Gasteiger partial charge in [-0.1, -0.05) is 21.6 Å². The Bertz CT molecular complexity index is 289. The topological polar surface area (TPSA) is 55.4 Å². The molecule has 0 saturated carbocycles. The van der Waals surface area contributed by atoms with Crippen LogP contribution < -0.4 is 0 Å². The van der Waals surface area contributed by atoms with E-state index in [4.69, 9.17) is 26.6 Å². The van der Waals surface area contributed by atoms with Crippen molar-refractivity contribution in [2.45, 2.75) is 65.1 Å². The van der Waals surface area contributed by atoms with E-state index in [1.807, 2.05) is 41.5 Å². The minimum Gasteiger partial charge on any atom is -0.373 e. The van der Waals surface area contributed by atoms with Crippen molar-refractivity contribution in [3.05, 3.63) is 0 Å². The molecule has 0 aromatic carbocycles. The lowest BCUT2D eigenvalue weighted by Gasteiger charge is -2.35. The second-order valence-electron chi connectivity index (χ2n) is 5.28. The van der Waals surface area contributed by atoms with Crippen LogP contribution in [-0.4, -0.2) is 67.0 Å². The van der Waals surface area contributed by atoms with Crippen LogP contribution in [0.25, 0.3) is 0 Å². The summed E-state index contributed by atoms with van der Waals surface area (Å²) in [5, 5.41) is 0. The highest BCUT2D eigenvalue weighted by atomic mass is 33.1. The van der Waals surface area contributed by atoms with Crippen LogP contribution >= 0.6 is 21.6 Å². The predicted molar refractivity (Wildman–Crippen MR) is 115 cm³/mol. The number of hydrogen-bond donors (Lipinski definition) is 0. The van der Waals surface area contributed by atoms with Gasteiger partial charge in [0, 0.05) is 39.6 Å². The summed E-state index contributed by atoms with van der Waals surface area (Å²) < 4.78 is 36.1. The van der Waals surface area contributed by atoms with Crippen molar-refractivity contribution in [1.82, 2.24) is 0 Å². The molecule has 0 heterocycles. The molecule has 2 unspecified atom stereocenters. The van der Waals surface area contributed by atoms with Gasteiger partial charge in [-0.25, -0.2) is 0 Å². The fraction of sp³-hybridized carbons (Fsp3) is 1.00. The van der Waals surface area contributed by atoms with Crippen LogP contribution in [0.5, 0.6) is 0 Å². The van der Waals surface area contributed by atoms with Crippen molar-refractivity contribution in [3.63, 3.8) is 0 Å². The molecule has 0 fully saturated rings. The Balaban J connectivity index is 5.16. The molecule has 0 radical (unpaired) electrons. The summed E-state index contributed by atoms with van der Waals surface area (Å²) >= 11 is 0. The molecule has 0 aliphatic heterocycles. The third-order valence-corrected chi connectivity index (χ3v) is 15.8. The smallest absolute Gasteiger partial charge is 0.373 e. The lowest BCUT2D eigenvalue weighted by molar-refractivity contribution is 0.0698. The normalized spacial score (nSPS) is 15.2. The standard InChI is InChI=1S/C16H38O6S2Si2/c1-9-17-25(18-10-2,19-11-3)15(7)23-24-16(8)26(20-12-4,21-13-5)22-14-6/h15-16H,9-14H2,1-8H3. The van der Waals surface area contributed by atoms with Gasteiger partial charge in [-0.3, -0.25) is 0 Å². The number of rotatable bonds is 17. The highest BCUT2D eigenvalue weighted by Crippen LogP contribution is 2.40. The molecule has 2 atom stereocenters. The highest BCUT2D eigenvalue weighted by Gasteiger charge is 2.51. The molecule has 10 heteroatoms. The van der Waals surface area contributed by atoms with Crippen LogP contribution in [0, 0.1) is 0 Å². The Morgan fingerprint density at radius 2 is 0.692 bits per heavy atom. The average Bonchev–Trinajstić information content (AvgIpc) is 2.60. The lowest BCUT2D eigenvalue weighted by Crippen LogP contribution is -2.55. The van der Waals surface area contributed by atoms with E-state index >= 15 is 0 Å². The van der Waals surface area contributed by atoms with Gasteiger partial charge in [0.05, 0.1) is 9.75 Å². The van der Waals surface area contributed by atoms with Crippen LogP contribution in [0.2, 0.25) is 0 Å². The van der Waals surface area contributed by atoms with Crippen molar-refractivity contribution < 1.29 is 26.6 Å². The molecule has 0 bridgehead atoms. The average molecular weight is 447 g/mol. The fourth-order valence-electron chi connectivity index (χ4n) is 2.45. The largest absolute Gasteiger partial charge is 0.515 e. The van der Waals surface area contributed by atoms with Gasteiger partial charge in [0.25, 0.3) is 0 Å². The minimum absolute atomic E-state index is 0.0892. The van der Waals surface area contributed by atoms with Crippen molar-refractivity contribution in [1.29, 1.82) is 0 Å². The molecule has 0 amide bonds. The van der Waals surface area contributed by atoms with E-state index in [2.05, 4.69) is 13.8 Å². The SMILES string of the molecule is CCO[Si](OCC)(OCC)C(C)SSC(C)[Si](OCC)(OCC)OCC. The second kappa shape index (κ2) is 14.8. The minimum atomic E-state index is -2.75. The van der Waals surface area contributed by atoms with Crippen molar-refractivity contribution >= 4 is 39.2 Å². The molecule has 0 aliphatic carbocycles. The van der Waals surface area contributed by atoms with Crippen molar-refractivity contribution in [3.8, 4) is 0 Å². The quantitative estimate of drug-likeness (QED) is 0.242. The molecule has 26 heavy (non-hydrogen) atoms. The van der Waals surface area contributed by atoms with Gasteiger partial charge in [-0.05, 0) is 55.4 Å². The van der Waals surface area contributed by atoms with Gasteiger partial charge in [-0.15, -0.1) is 0 Å². The second-order valence-corrected chi connectivity index (χ2v) is 15.0. The van der Waals surface area contributed by atoms with E-state index in [1.54, 1.807) is 21.6 Å². The summed E-state index contributed by atoms with van der Waals surface area (Å²) in [5.41, 5.74) is 0. The molecule has 0 saturated heterocycles. The summed E-state index contributed by atoms with van der Waals surface area (Å²) in [4.78, 5) is 0.178. The maximum absolute atomic E-state index is 6.01. The Morgan fingerprint density at radius 1 is 0.500 bits per heavy atom. The van der Waals surface area contributed by atoms with Crippen molar-refractivity contribution in [2.75, 3.05) is 39.6 Å². The summed E-state index contributed by atoms with van der Waals surface area (Å²) in [7, 11) is -2.06. The number of hydrogen-bond acceptors (Lipinski definition) is 8. The van der Waals surface area contributed by atoms with Crippen LogP contribution in [0.3, 0.4) is 0 Å². The van der Waals surface area contributed by atoms with Crippen LogP contribution in [-0.2, 0) is 26.6 Å². The molecular formula is C16H38O6S2Si2. The first-order chi connectivity index (χ1) is 12.4. The van der Waals surface area contributed by atoms with Gasteiger partial charge in [-0.2, -0.15) is 0 Å². The van der Waals surface area contributed by atoms with Gasteiger partial charge < -0.3 is 26.6 Å². The summed E-state index contributed by atoms with van der Waals surface area (Å²) in [6.07, 6.45) is 0. The molecule has 0 aromatic rings. The zero-order chi connectivity index (χ0) is 20.1. The molecule has 0 aromatic heterocycles. The van der Waals surface area contributed by atoms with E-state index in [9.17, 15) is 0 Å². The molecule has 0 N–H and O–H groups in total. The maximum atomic E-state index is 6.01. The van der Waals surface area contributed by atoms with E-state index in [1.165, 1.54) is 0 Å². The lowest BCUT2D eigenvalue weighted by atomic mass is 10.9. The summed E-state index contributed by atoms with van der Waals surface area (Å²) in [5.74, 6) is 0. The Hall–Kier alpha value is 0.894. The van der Waals surface area contributed by atoms with Gasteiger partial charge in [0.2, 0.25) is 0 Å². The Morgan fingerprint density at radius 3 is 0.846 bits per heavy atom. The van der Waals surface area contributed by atoms with Crippen LogP contribution in [0.15, 0.2) is 0 Å². The zero-order valence-corrected chi connectivity index (χ0v) is 21.3. The summed E-state index contributed by atoms with van der Waals surface area (Å²) in [6, 6.07) is 0.